The number of rotatable bonds is 4. The minimum atomic E-state index is 0.0127. The minimum absolute atomic E-state index is 0.0127. The molecule has 2 aromatic rings. The molecular formula is C17H22N4O. The van der Waals surface area contributed by atoms with Crippen LogP contribution in [0.25, 0.3) is 5.69 Å². The van der Waals surface area contributed by atoms with Gasteiger partial charge in [-0.1, -0.05) is 18.2 Å². The molecule has 1 N–H and O–H groups in total. The predicted octanol–water partition coefficient (Wildman–Crippen LogP) is 1.91. The first-order valence-electron chi connectivity index (χ1n) is 8.29. The van der Waals surface area contributed by atoms with Gasteiger partial charge in [0.25, 0.3) is 0 Å². The fraction of sp³-hybridized carbons (Fsp3) is 0.529. The van der Waals surface area contributed by atoms with E-state index in [1.54, 1.807) is 4.68 Å². The fourth-order valence-electron chi connectivity index (χ4n) is 3.24. The molecule has 0 spiro atoms. The second-order valence-corrected chi connectivity index (χ2v) is 6.48. The summed E-state index contributed by atoms with van der Waals surface area (Å²) in [6.07, 6.45) is 4.69. The van der Waals surface area contributed by atoms with Gasteiger partial charge >= 0.3 is 5.69 Å². The van der Waals surface area contributed by atoms with Crippen molar-refractivity contribution in [3.05, 3.63) is 46.6 Å². The predicted molar refractivity (Wildman–Crippen MR) is 85.4 cm³/mol. The largest absolute Gasteiger partial charge is 0.350 e. The molecule has 0 radical (unpaired) electrons. The van der Waals surface area contributed by atoms with Crippen molar-refractivity contribution in [2.75, 3.05) is 13.1 Å². The Hall–Kier alpha value is -1.88. The number of benzene rings is 1. The first kappa shape index (κ1) is 13.8. The molecule has 0 amide bonds. The molecule has 1 saturated heterocycles. The van der Waals surface area contributed by atoms with Crippen LogP contribution in [0.2, 0.25) is 0 Å². The van der Waals surface area contributed by atoms with Crippen LogP contribution in [0.5, 0.6) is 0 Å². The Balaban J connectivity index is 1.78. The Labute approximate surface area is 130 Å². The first-order valence-corrected chi connectivity index (χ1v) is 8.29. The van der Waals surface area contributed by atoms with Gasteiger partial charge in [0, 0.05) is 19.0 Å². The van der Waals surface area contributed by atoms with E-state index in [1.807, 2.05) is 34.9 Å². The van der Waals surface area contributed by atoms with Crippen LogP contribution in [0.4, 0.5) is 0 Å². The third-order valence-electron chi connectivity index (χ3n) is 4.67. The monoisotopic (exact) mass is 298 g/mol. The molecule has 116 valence electrons. The van der Waals surface area contributed by atoms with Gasteiger partial charge in [0.2, 0.25) is 0 Å². The van der Waals surface area contributed by atoms with E-state index in [1.165, 1.54) is 12.8 Å². The summed E-state index contributed by atoms with van der Waals surface area (Å²) in [5, 5.41) is 8.15. The van der Waals surface area contributed by atoms with Gasteiger partial charge in [-0.2, -0.15) is 5.10 Å². The lowest BCUT2D eigenvalue weighted by atomic mass is 9.99. The highest BCUT2D eigenvalue weighted by Gasteiger charge is 2.28. The van der Waals surface area contributed by atoms with Crippen molar-refractivity contribution in [3.63, 3.8) is 0 Å². The van der Waals surface area contributed by atoms with Crippen molar-refractivity contribution in [1.29, 1.82) is 0 Å². The zero-order chi connectivity index (χ0) is 14.9. The summed E-state index contributed by atoms with van der Waals surface area (Å²) in [5.74, 6) is 1.89. The third kappa shape index (κ3) is 2.61. The lowest BCUT2D eigenvalue weighted by Crippen LogP contribution is -2.31. The Bertz CT molecular complexity index is 693. The summed E-state index contributed by atoms with van der Waals surface area (Å²) in [6.45, 7) is 2.74. The van der Waals surface area contributed by atoms with Crippen molar-refractivity contribution < 1.29 is 0 Å². The van der Waals surface area contributed by atoms with E-state index in [4.69, 9.17) is 5.10 Å². The molecule has 1 aromatic heterocycles. The number of nitrogens with one attached hydrogen (secondary N) is 1. The Morgan fingerprint density at radius 1 is 1.18 bits per heavy atom. The molecule has 1 aliphatic carbocycles. The van der Waals surface area contributed by atoms with Crippen molar-refractivity contribution in [1.82, 2.24) is 19.7 Å². The number of hydrogen-bond acceptors (Lipinski definition) is 3. The van der Waals surface area contributed by atoms with E-state index in [-0.39, 0.29) is 5.69 Å². The summed E-state index contributed by atoms with van der Waals surface area (Å²) < 4.78 is 3.51. The van der Waals surface area contributed by atoms with Gasteiger partial charge in [-0.25, -0.2) is 14.0 Å². The zero-order valence-electron chi connectivity index (χ0n) is 12.7. The number of aromatic nitrogens is 3. The lowest BCUT2D eigenvalue weighted by molar-refractivity contribution is 0.437. The van der Waals surface area contributed by atoms with Crippen LogP contribution in [-0.4, -0.2) is 27.4 Å². The van der Waals surface area contributed by atoms with Gasteiger partial charge in [0.05, 0.1) is 5.69 Å². The summed E-state index contributed by atoms with van der Waals surface area (Å²) in [4.78, 5) is 12.8. The molecule has 1 unspecified atom stereocenters. The summed E-state index contributed by atoms with van der Waals surface area (Å²) in [5.41, 5.74) is 0.939. The Kier molecular flexibility index (Phi) is 3.58. The van der Waals surface area contributed by atoms with E-state index in [0.717, 1.165) is 44.0 Å². The third-order valence-corrected chi connectivity index (χ3v) is 4.67. The Morgan fingerprint density at radius 3 is 2.68 bits per heavy atom. The maximum absolute atomic E-state index is 12.8. The summed E-state index contributed by atoms with van der Waals surface area (Å²) >= 11 is 0. The first-order chi connectivity index (χ1) is 10.8. The fourth-order valence-corrected chi connectivity index (χ4v) is 3.24. The van der Waals surface area contributed by atoms with Crippen LogP contribution in [0.1, 0.15) is 37.4 Å². The van der Waals surface area contributed by atoms with Gasteiger partial charge in [0.15, 0.2) is 0 Å². The van der Waals surface area contributed by atoms with Crippen LogP contribution < -0.4 is 11.0 Å². The normalized spacial score (nSPS) is 21.9. The van der Waals surface area contributed by atoms with Crippen molar-refractivity contribution in [3.8, 4) is 5.69 Å². The SMILES string of the molecule is O=c1n(CC2CC2)nc(C2CCCNC2)n1-c1ccccc1. The van der Waals surface area contributed by atoms with Crippen LogP contribution in [0.3, 0.4) is 0 Å². The molecule has 2 heterocycles. The van der Waals surface area contributed by atoms with Gasteiger partial charge in [0.1, 0.15) is 5.82 Å². The molecule has 4 rings (SSSR count). The molecule has 2 fully saturated rings. The number of piperidine rings is 1. The van der Waals surface area contributed by atoms with E-state index in [2.05, 4.69) is 5.32 Å². The smallest absolute Gasteiger partial charge is 0.316 e. The standard InChI is InChI=1S/C17H22N4O/c22-17-20(12-13-8-9-13)19-16(14-5-4-10-18-11-14)21(17)15-6-2-1-3-7-15/h1-3,6-7,13-14,18H,4-5,8-12H2. The molecule has 1 aliphatic heterocycles. The number of hydrogen-bond donors (Lipinski definition) is 1. The van der Waals surface area contributed by atoms with Gasteiger partial charge in [-0.15, -0.1) is 0 Å². The van der Waals surface area contributed by atoms with Crippen LogP contribution in [-0.2, 0) is 6.54 Å². The Morgan fingerprint density at radius 2 is 2.00 bits per heavy atom. The van der Waals surface area contributed by atoms with Crippen LogP contribution in [0.15, 0.2) is 35.1 Å². The average molecular weight is 298 g/mol. The molecule has 1 atom stereocenters. The van der Waals surface area contributed by atoms with Gasteiger partial charge in [-0.3, -0.25) is 0 Å². The number of nitrogens with zero attached hydrogens (tertiary/aromatic N) is 3. The molecule has 2 aliphatic rings. The molecule has 0 bridgehead atoms. The molecular weight excluding hydrogens is 276 g/mol. The maximum atomic E-state index is 12.8. The lowest BCUT2D eigenvalue weighted by Gasteiger charge is -2.22. The van der Waals surface area contributed by atoms with Crippen LogP contribution >= 0.6 is 0 Å². The number of para-hydroxylation sites is 1. The maximum Gasteiger partial charge on any atom is 0.350 e. The molecule has 1 saturated carbocycles. The van der Waals surface area contributed by atoms with Gasteiger partial charge in [-0.05, 0) is 50.3 Å². The second kappa shape index (κ2) is 5.72. The quantitative estimate of drug-likeness (QED) is 0.938. The molecule has 22 heavy (non-hydrogen) atoms. The highest BCUT2D eigenvalue weighted by Crippen LogP contribution is 2.30. The van der Waals surface area contributed by atoms with Crippen molar-refractivity contribution in [2.24, 2.45) is 5.92 Å². The molecule has 5 heteroatoms. The highest BCUT2D eigenvalue weighted by molar-refractivity contribution is 5.33. The summed E-state index contributed by atoms with van der Waals surface area (Å²) in [6, 6.07) is 9.91. The van der Waals surface area contributed by atoms with Crippen molar-refractivity contribution >= 4 is 0 Å². The van der Waals surface area contributed by atoms with E-state index >= 15 is 0 Å². The van der Waals surface area contributed by atoms with Crippen LogP contribution in [0, 0.1) is 5.92 Å². The van der Waals surface area contributed by atoms with E-state index in [0.29, 0.717) is 11.8 Å². The van der Waals surface area contributed by atoms with Crippen molar-refractivity contribution in [2.45, 2.75) is 38.1 Å². The average Bonchev–Trinajstić information content (AvgIpc) is 3.33. The van der Waals surface area contributed by atoms with E-state index < -0.39 is 0 Å². The molecule has 5 nitrogen and oxygen atoms in total. The highest BCUT2D eigenvalue weighted by atomic mass is 16.2. The molecule has 1 aromatic carbocycles. The summed E-state index contributed by atoms with van der Waals surface area (Å²) in [7, 11) is 0. The topological polar surface area (TPSA) is 51.9 Å². The van der Waals surface area contributed by atoms with E-state index in [9.17, 15) is 4.79 Å². The second-order valence-electron chi connectivity index (χ2n) is 6.48. The zero-order valence-corrected chi connectivity index (χ0v) is 12.7. The van der Waals surface area contributed by atoms with Gasteiger partial charge < -0.3 is 5.32 Å². The minimum Gasteiger partial charge on any atom is -0.316 e.